The van der Waals surface area contributed by atoms with Crippen molar-refractivity contribution in [2.75, 3.05) is 0 Å². The number of allylic oxidation sites excluding steroid dienone is 1. The zero-order chi connectivity index (χ0) is 21.5. The highest BCUT2D eigenvalue weighted by molar-refractivity contribution is 6.09. The van der Waals surface area contributed by atoms with Gasteiger partial charge in [-0.1, -0.05) is 24.3 Å². The summed E-state index contributed by atoms with van der Waals surface area (Å²) in [7, 11) is 0. The fourth-order valence-corrected chi connectivity index (χ4v) is 4.75. The van der Waals surface area contributed by atoms with E-state index in [1.54, 1.807) is 23.6 Å². The number of fused-ring (bicyclic) bond motifs is 2. The first-order chi connectivity index (χ1) is 15.8. The van der Waals surface area contributed by atoms with E-state index in [0.717, 1.165) is 53.0 Å². The lowest BCUT2D eigenvalue weighted by atomic mass is 9.79. The molecule has 0 spiro atoms. The van der Waals surface area contributed by atoms with Crippen LogP contribution in [0, 0.1) is 5.92 Å². The van der Waals surface area contributed by atoms with Gasteiger partial charge in [-0.3, -0.25) is 4.79 Å². The van der Waals surface area contributed by atoms with Gasteiger partial charge in [0, 0.05) is 11.3 Å². The average molecular weight is 423 g/mol. The molecular weight excluding hydrogens is 402 g/mol. The molecule has 1 aliphatic heterocycles. The lowest BCUT2D eigenvalue weighted by Gasteiger charge is -2.27. The van der Waals surface area contributed by atoms with Gasteiger partial charge in [-0.2, -0.15) is 5.10 Å². The molecule has 6 heteroatoms. The van der Waals surface area contributed by atoms with Crippen molar-refractivity contribution in [2.24, 2.45) is 11.0 Å². The number of rotatable bonds is 3. The Balaban J connectivity index is 1.43. The van der Waals surface area contributed by atoms with E-state index in [-0.39, 0.29) is 17.9 Å². The smallest absolute Gasteiger partial charge is 0.293 e. The van der Waals surface area contributed by atoms with Crippen molar-refractivity contribution < 1.29 is 13.6 Å². The molecule has 1 amide bonds. The first-order valence-corrected chi connectivity index (χ1v) is 10.8. The van der Waals surface area contributed by atoms with Gasteiger partial charge in [-0.25, -0.2) is 9.99 Å². The number of pyridine rings is 1. The van der Waals surface area contributed by atoms with Crippen LogP contribution in [0.25, 0.3) is 17.0 Å². The number of amides is 1. The number of benzene rings is 1. The minimum Gasteiger partial charge on any atom is -0.467 e. The van der Waals surface area contributed by atoms with Gasteiger partial charge >= 0.3 is 0 Å². The molecule has 6 nitrogen and oxygen atoms in total. The molecule has 1 aromatic carbocycles. The van der Waals surface area contributed by atoms with Gasteiger partial charge in [0.2, 0.25) is 0 Å². The van der Waals surface area contributed by atoms with Crippen LogP contribution in [-0.2, 0) is 0 Å². The third-order valence-electron chi connectivity index (χ3n) is 6.22. The van der Waals surface area contributed by atoms with E-state index in [0.29, 0.717) is 5.69 Å². The summed E-state index contributed by atoms with van der Waals surface area (Å²) in [5.41, 5.74) is 3.20. The molecule has 4 heterocycles. The Bertz CT molecular complexity index is 1340. The van der Waals surface area contributed by atoms with Crippen LogP contribution < -0.4 is 0 Å². The molecular formula is C26H21N3O3. The first-order valence-electron chi connectivity index (χ1n) is 10.8. The van der Waals surface area contributed by atoms with Gasteiger partial charge in [-0.05, 0) is 67.3 Å². The standard InChI is InChI=1S/C26H21N3O3/c30-26(22-13-12-17-6-1-2-10-21(17)27-22)29-25(23-11-5-15-32-23)20-9-3-7-18(24(20)28-29)16-19-8-4-14-31-19/h1-2,4-6,8,10-16,20,25H,3,7,9H2/b18-16+. The maximum Gasteiger partial charge on any atom is 0.293 e. The maximum atomic E-state index is 13.6. The molecule has 1 aliphatic carbocycles. The van der Waals surface area contributed by atoms with Crippen LogP contribution in [-0.4, -0.2) is 21.6 Å². The maximum absolute atomic E-state index is 13.6. The summed E-state index contributed by atoms with van der Waals surface area (Å²) in [5.74, 6) is 1.37. The quantitative estimate of drug-likeness (QED) is 0.414. The molecule has 158 valence electrons. The van der Waals surface area contributed by atoms with Crippen LogP contribution >= 0.6 is 0 Å². The van der Waals surface area contributed by atoms with Gasteiger partial charge < -0.3 is 8.83 Å². The van der Waals surface area contributed by atoms with Gasteiger partial charge in [0.1, 0.15) is 23.3 Å². The summed E-state index contributed by atoms with van der Waals surface area (Å²) in [6.07, 6.45) is 8.20. The van der Waals surface area contributed by atoms with E-state index in [1.165, 1.54) is 0 Å². The van der Waals surface area contributed by atoms with Crippen molar-refractivity contribution >= 4 is 28.6 Å². The van der Waals surface area contributed by atoms with E-state index < -0.39 is 0 Å². The van der Waals surface area contributed by atoms with E-state index in [2.05, 4.69) is 4.98 Å². The zero-order valence-electron chi connectivity index (χ0n) is 17.3. The Kier molecular flexibility index (Phi) is 4.49. The van der Waals surface area contributed by atoms with Crippen molar-refractivity contribution in [2.45, 2.75) is 25.3 Å². The van der Waals surface area contributed by atoms with Gasteiger partial charge in [-0.15, -0.1) is 0 Å². The van der Waals surface area contributed by atoms with Gasteiger partial charge in [0.25, 0.3) is 5.91 Å². The van der Waals surface area contributed by atoms with E-state index in [4.69, 9.17) is 13.9 Å². The van der Waals surface area contributed by atoms with Crippen molar-refractivity contribution in [3.05, 3.63) is 96.0 Å². The highest BCUT2D eigenvalue weighted by atomic mass is 16.3. The molecule has 1 saturated carbocycles. The minimum absolute atomic E-state index is 0.0699. The summed E-state index contributed by atoms with van der Waals surface area (Å²) >= 11 is 0. The lowest BCUT2D eigenvalue weighted by molar-refractivity contribution is 0.0651. The fourth-order valence-electron chi connectivity index (χ4n) is 4.75. The van der Waals surface area contributed by atoms with Crippen LogP contribution in [0.1, 0.15) is 47.3 Å². The predicted octanol–water partition coefficient (Wildman–Crippen LogP) is 5.86. The third-order valence-corrected chi connectivity index (χ3v) is 6.22. The second-order valence-electron chi connectivity index (χ2n) is 8.17. The summed E-state index contributed by atoms with van der Waals surface area (Å²) in [4.78, 5) is 18.3. The SMILES string of the molecule is O=C(c1ccc2ccccc2n1)N1N=C2/C(=C/c3ccco3)CCCC2C1c1ccco1. The number of hydrogen-bond donors (Lipinski definition) is 0. The number of furan rings is 2. The lowest BCUT2D eigenvalue weighted by Crippen LogP contribution is -2.32. The second kappa shape index (κ2) is 7.64. The Morgan fingerprint density at radius 1 is 1.00 bits per heavy atom. The van der Waals surface area contributed by atoms with Gasteiger partial charge in [0.15, 0.2) is 0 Å². The second-order valence-corrected chi connectivity index (χ2v) is 8.17. The molecule has 2 unspecified atom stereocenters. The van der Waals surface area contributed by atoms with Crippen LogP contribution in [0.5, 0.6) is 0 Å². The number of para-hydroxylation sites is 1. The van der Waals surface area contributed by atoms with E-state index in [1.807, 2.05) is 60.7 Å². The third kappa shape index (κ3) is 3.15. The summed E-state index contributed by atoms with van der Waals surface area (Å²) in [6, 6.07) is 18.8. The number of aromatic nitrogens is 1. The number of hydrazone groups is 1. The summed E-state index contributed by atoms with van der Waals surface area (Å²) in [6.45, 7) is 0. The monoisotopic (exact) mass is 423 g/mol. The minimum atomic E-state index is -0.291. The summed E-state index contributed by atoms with van der Waals surface area (Å²) in [5, 5.41) is 7.42. The molecule has 32 heavy (non-hydrogen) atoms. The molecule has 3 aromatic heterocycles. The van der Waals surface area contributed by atoms with Crippen LogP contribution in [0.15, 0.2) is 92.7 Å². The van der Waals surface area contributed by atoms with Crippen molar-refractivity contribution in [1.82, 2.24) is 9.99 Å². The molecule has 0 bridgehead atoms. The zero-order valence-corrected chi connectivity index (χ0v) is 17.3. The highest BCUT2D eigenvalue weighted by Gasteiger charge is 2.45. The molecule has 2 atom stereocenters. The number of carbonyl (C=O) groups is 1. The van der Waals surface area contributed by atoms with Crippen LogP contribution in [0.2, 0.25) is 0 Å². The van der Waals surface area contributed by atoms with Crippen molar-refractivity contribution in [3.63, 3.8) is 0 Å². The molecule has 0 saturated heterocycles. The van der Waals surface area contributed by atoms with Crippen molar-refractivity contribution in [3.8, 4) is 0 Å². The van der Waals surface area contributed by atoms with E-state index >= 15 is 0 Å². The Morgan fingerprint density at radius 2 is 1.88 bits per heavy atom. The predicted molar refractivity (Wildman–Crippen MR) is 121 cm³/mol. The molecule has 6 rings (SSSR count). The Hall–Kier alpha value is -3.93. The topological polar surface area (TPSA) is 71.8 Å². The average Bonchev–Trinajstić information content (AvgIpc) is 3.59. The van der Waals surface area contributed by atoms with Crippen molar-refractivity contribution in [1.29, 1.82) is 0 Å². The largest absolute Gasteiger partial charge is 0.467 e. The first kappa shape index (κ1) is 18.8. The van der Waals surface area contributed by atoms with Crippen LogP contribution in [0.3, 0.4) is 0 Å². The number of hydrogen-bond acceptors (Lipinski definition) is 5. The van der Waals surface area contributed by atoms with E-state index in [9.17, 15) is 4.79 Å². The normalized spacial score (nSPS) is 21.7. The molecule has 2 aliphatic rings. The summed E-state index contributed by atoms with van der Waals surface area (Å²) < 4.78 is 11.3. The number of carbonyl (C=O) groups excluding carboxylic acids is 1. The Morgan fingerprint density at radius 3 is 2.72 bits per heavy atom. The molecule has 0 radical (unpaired) electrons. The number of nitrogens with zero attached hydrogens (tertiary/aromatic N) is 3. The van der Waals surface area contributed by atoms with Gasteiger partial charge in [0.05, 0.1) is 23.8 Å². The molecule has 1 fully saturated rings. The Labute approximate surface area is 184 Å². The van der Waals surface area contributed by atoms with Crippen LogP contribution in [0.4, 0.5) is 0 Å². The molecule has 0 N–H and O–H groups in total. The fraction of sp³-hybridized carbons (Fsp3) is 0.192. The molecule has 4 aromatic rings. The highest BCUT2D eigenvalue weighted by Crippen LogP contribution is 2.45.